The van der Waals surface area contributed by atoms with Crippen LogP contribution in [-0.4, -0.2) is 28.2 Å². The van der Waals surface area contributed by atoms with Crippen molar-refractivity contribution < 1.29 is 8.42 Å². The Labute approximate surface area is 139 Å². The average molecular weight is 343 g/mol. The molecule has 0 fully saturated rings. The van der Waals surface area contributed by atoms with E-state index in [0.29, 0.717) is 11.3 Å². The fraction of sp³-hybridized carbons (Fsp3) is 0.312. The zero-order chi connectivity index (χ0) is 16.6. The molecule has 0 atom stereocenters. The molecule has 124 valence electrons. The number of para-hydroxylation sites is 1. The maximum Gasteiger partial charge on any atom is 0.243 e. The second-order valence-electron chi connectivity index (χ2n) is 5.80. The van der Waals surface area contributed by atoms with Crippen molar-refractivity contribution in [3.63, 3.8) is 0 Å². The molecule has 1 aromatic carbocycles. The standard InChI is InChI=1S/C16H17N5O2S/c22-24(23,13-7-3-5-12-6-4-9-17-16(12)13)18-11-15-20-19-14-8-1-2-10-21(14)15/h3-7,9,18H,1-2,8,10-11H2. The molecule has 0 aliphatic carbocycles. The van der Waals surface area contributed by atoms with Gasteiger partial charge < -0.3 is 4.57 Å². The van der Waals surface area contributed by atoms with Crippen LogP contribution in [0.15, 0.2) is 41.4 Å². The van der Waals surface area contributed by atoms with Crippen LogP contribution in [0.1, 0.15) is 24.5 Å². The van der Waals surface area contributed by atoms with Crippen molar-refractivity contribution in [1.29, 1.82) is 0 Å². The molecule has 0 unspecified atom stereocenters. The lowest BCUT2D eigenvalue weighted by Gasteiger charge is -2.15. The normalized spacial score (nSPS) is 14.7. The second kappa shape index (κ2) is 5.95. The number of benzene rings is 1. The highest BCUT2D eigenvalue weighted by atomic mass is 32.2. The molecule has 24 heavy (non-hydrogen) atoms. The topological polar surface area (TPSA) is 89.8 Å². The van der Waals surface area contributed by atoms with Gasteiger partial charge in [0, 0.05) is 24.5 Å². The quantitative estimate of drug-likeness (QED) is 0.778. The zero-order valence-electron chi connectivity index (χ0n) is 13.0. The van der Waals surface area contributed by atoms with Crippen molar-refractivity contribution in [1.82, 2.24) is 24.5 Å². The van der Waals surface area contributed by atoms with Gasteiger partial charge in [0.2, 0.25) is 10.0 Å². The van der Waals surface area contributed by atoms with Crippen molar-refractivity contribution >= 4 is 20.9 Å². The fourth-order valence-corrected chi connectivity index (χ4v) is 4.19. The first kappa shape index (κ1) is 15.2. The Morgan fingerprint density at radius 2 is 2.00 bits per heavy atom. The molecule has 0 saturated heterocycles. The summed E-state index contributed by atoms with van der Waals surface area (Å²) < 4.78 is 30.0. The van der Waals surface area contributed by atoms with E-state index < -0.39 is 10.0 Å². The predicted octanol–water partition coefficient (Wildman–Crippen LogP) is 1.64. The van der Waals surface area contributed by atoms with E-state index in [-0.39, 0.29) is 11.4 Å². The number of nitrogens with zero attached hydrogens (tertiary/aromatic N) is 4. The van der Waals surface area contributed by atoms with Crippen molar-refractivity contribution in [3.8, 4) is 0 Å². The fourth-order valence-electron chi connectivity index (χ4n) is 3.03. The summed E-state index contributed by atoms with van der Waals surface area (Å²) in [5, 5.41) is 9.07. The molecule has 2 aromatic heterocycles. The van der Waals surface area contributed by atoms with Gasteiger partial charge in [-0.25, -0.2) is 13.1 Å². The number of sulfonamides is 1. The van der Waals surface area contributed by atoms with E-state index >= 15 is 0 Å². The van der Waals surface area contributed by atoms with Crippen LogP contribution >= 0.6 is 0 Å². The molecule has 0 spiro atoms. The van der Waals surface area contributed by atoms with E-state index in [2.05, 4.69) is 19.9 Å². The summed E-state index contributed by atoms with van der Waals surface area (Å²) in [6.45, 7) is 0.966. The average Bonchev–Trinajstić information content (AvgIpc) is 3.03. The SMILES string of the molecule is O=S(=O)(NCc1nnc2n1CCCC2)c1cccc2cccnc12. The second-order valence-corrected chi connectivity index (χ2v) is 7.53. The molecule has 7 nitrogen and oxygen atoms in total. The lowest BCUT2D eigenvalue weighted by molar-refractivity contribution is 0.503. The third-order valence-corrected chi connectivity index (χ3v) is 5.67. The Morgan fingerprint density at radius 1 is 1.12 bits per heavy atom. The summed E-state index contributed by atoms with van der Waals surface area (Å²) in [6.07, 6.45) is 4.66. The van der Waals surface area contributed by atoms with Crippen molar-refractivity contribution in [2.75, 3.05) is 0 Å². The first-order chi connectivity index (χ1) is 11.6. The molecule has 3 aromatic rings. The van der Waals surface area contributed by atoms with Crippen LogP contribution in [0.3, 0.4) is 0 Å². The minimum Gasteiger partial charge on any atom is -0.314 e. The number of pyridine rings is 1. The van der Waals surface area contributed by atoms with Gasteiger partial charge in [0.1, 0.15) is 16.5 Å². The number of aromatic nitrogens is 4. The molecule has 1 N–H and O–H groups in total. The van der Waals surface area contributed by atoms with Crippen LogP contribution in [0, 0.1) is 0 Å². The molecule has 3 heterocycles. The number of fused-ring (bicyclic) bond motifs is 2. The summed E-state index contributed by atoms with van der Waals surface area (Å²) in [7, 11) is -3.68. The van der Waals surface area contributed by atoms with Gasteiger partial charge in [-0.2, -0.15) is 0 Å². The first-order valence-corrected chi connectivity index (χ1v) is 9.38. The van der Waals surface area contributed by atoms with Crippen LogP contribution in [0.25, 0.3) is 10.9 Å². The zero-order valence-corrected chi connectivity index (χ0v) is 13.8. The molecule has 1 aliphatic heterocycles. The van der Waals surface area contributed by atoms with Gasteiger partial charge in [0.05, 0.1) is 12.1 Å². The summed E-state index contributed by atoms with van der Waals surface area (Å²) in [5.74, 6) is 1.59. The molecule has 0 saturated carbocycles. The Hall–Kier alpha value is -2.32. The van der Waals surface area contributed by atoms with Gasteiger partial charge in [-0.15, -0.1) is 10.2 Å². The van der Waals surface area contributed by atoms with Crippen LogP contribution in [0.5, 0.6) is 0 Å². The third kappa shape index (κ3) is 2.67. The number of hydrogen-bond acceptors (Lipinski definition) is 5. The van der Waals surface area contributed by atoms with E-state index in [4.69, 9.17) is 0 Å². The maximum atomic E-state index is 12.7. The van der Waals surface area contributed by atoms with Gasteiger partial charge in [-0.1, -0.05) is 18.2 Å². The highest BCUT2D eigenvalue weighted by molar-refractivity contribution is 7.89. The lowest BCUT2D eigenvalue weighted by atomic mass is 10.2. The van der Waals surface area contributed by atoms with E-state index in [1.807, 2.05) is 16.7 Å². The molecular weight excluding hydrogens is 326 g/mol. The molecule has 0 radical (unpaired) electrons. The van der Waals surface area contributed by atoms with Crippen molar-refractivity contribution in [3.05, 3.63) is 48.2 Å². The van der Waals surface area contributed by atoms with Crippen molar-refractivity contribution in [2.45, 2.75) is 37.2 Å². The highest BCUT2D eigenvalue weighted by Crippen LogP contribution is 2.21. The molecule has 0 bridgehead atoms. The van der Waals surface area contributed by atoms with Crippen LogP contribution in [0.4, 0.5) is 0 Å². The number of nitrogens with one attached hydrogen (secondary N) is 1. The predicted molar refractivity (Wildman–Crippen MR) is 88.7 cm³/mol. The Kier molecular flexibility index (Phi) is 3.78. The monoisotopic (exact) mass is 343 g/mol. The van der Waals surface area contributed by atoms with Crippen LogP contribution in [-0.2, 0) is 29.5 Å². The smallest absolute Gasteiger partial charge is 0.243 e. The minimum atomic E-state index is -3.68. The van der Waals surface area contributed by atoms with E-state index in [0.717, 1.165) is 37.0 Å². The van der Waals surface area contributed by atoms with Crippen LogP contribution < -0.4 is 4.72 Å². The molecule has 0 amide bonds. The summed E-state index contributed by atoms with van der Waals surface area (Å²) in [6, 6.07) is 8.76. The largest absolute Gasteiger partial charge is 0.314 e. The Balaban J connectivity index is 1.63. The molecule has 4 rings (SSSR count). The van der Waals surface area contributed by atoms with Gasteiger partial charge >= 0.3 is 0 Å². The molecule has 8 heteroatoms. The van der Waals surface area contributed by atoms with E-state index in [1.165, 1.54) is 0 Å². The molecule has 1 aliphatic rings. The van der Waals surface area contributed by atoms with E-state index in [9.17, 15) is 8.42 Å². The maximum absolute atomic E-state index is 12.7. The van der Waals surface area contributed by atoms with Gasteiger partial charge in [0.15, 0.2) is 0 Å². The summed E-state index contributed by atoms with van der Waals surface area (Å²) >= 11 is 0. The Bertz CT molecular complexity index is 991. The number of rotatable bonds is 4. The minimum absolute atomic E-state index is 0.124. The van der Waals surface area contributed by atoms with Crippen LogP contribution in [0.2, 0.25) is 0 Å². The number of hydrogen-bond donors (Lipinski definition) is 1. The van der Waals surface area contributed by atoms with Crippen molar-refractivity contribution in [2.24, 2.45) is 0 Å². The summed E-state index contributed by atoms with van der Waals surface area (Å²) in [5.41, 5.74) is 0.468. The highest BCUT2D eigenvalue weighted by Gasteiger charge is 2.21. The van der Waals surface area contributed by atoms with E-state index in [1.54, 1.807) is 24.4 Å². The summed E-state index contributed by atoms with van der Waals surface area (Å²) in [4.78, 5) is 4.39. The van der Waals surface area contributed by atoms with Gasteiger partial charge in [-0.3, -0.25) is 4.98 Å². The van der Waals surface area contributed by atoms with Gasteiger partial charge in [-0.05, 0) is 25.0 Å². The van der Waals surface area contributed by atoms with Gasteiger partial charge in [0.25, 0.3) is 0 Å². The first-order valence-electron chi connectivity index (χ1n) is 7.89. The lowest BCUT2D eigenvalue weighted by Crippen LogP contribution is -2.26. The molecular formula is C16H17N5O2S. The Morgan fingerprint density at radius 3 is 2.92 bits per heavy atom. The number of aryl methyl sites for hydroxylation is 1. The third-order valence-electron chi connectivity index (χ3n) is 4.24.